The topological polar surface area (TPSA) is 76.1 Å². The zero-order valence-electron chi connectivity index (χ0n) is 14.4. The molecule has 1 fully saturated rings. The molecule has 3 rings (SSSR count). The van der Waals surface area contributed by atoms with Gasteiger partial charge in [-0.25, -0.2) is 4.98 Å². The maximum atomic E-state index is 10.4. The number of anilines is 1. The Morgan fingerprint density at radius 3 is 2.60 bits per heavy atom. The van der Waals surface area contributed by atoms with Gasteiger partial charge >= 0.3 is 0 Å². The number of allylic oxidation sites excluding steroid dienone is 1. The fourth-order valence-corrected chi connectivity index (χ4v) is 2.95. The van der Waals surface area contributed by atoms with E-state index in [0.717, 1.165) is 44.0 Å². The Hall–Kier alpha value is -2.73. The molecule has 0 bridgehead atoms. The Balaban J connectivity index is 1.66. The minimum absolute atomic E-state index is 0.0783. The van der Waals surface area contributed by atoms with E-state index < -0.39 is 0 Å². The molecule has 1 aliphatic rings. The molecule has 2 N–H and O–H groups in total. The molecule has 1 aromatic heterocycles. The summed E-state index contributed by atoms with van der Waals surface area (Å²) in [5.74, 6) is 0.626. The highest BCUT2D eigenvalue weighted by Crippen LogP contribution is 2.23. The molecular formula is C19H23N5O. The van der Waals surface area contributed by atoms with Crippen LogP contribution in [0.5, 0.6) is 0 Å². The highest BCUT2D eigenvalue weighted by atomic mass is 16.1. The average molecular weight is 337 g/mol. The smallest absolute Gasteiger partial charge is 0.167 e. The minimum atomic E-state index is -0.0783. The lowest BCUT2D eigenvalue weighted by atomic mass is 10.1. The Labute approximate surface area is 147 Å². The number of aldehydes is 1. The van der Waals surface area contributed by atoms with Gasteiger partial charge in [0, 0.05) is 31.9 Å². The van der Waals surface area contributed by atoms with Crippen molar-refractivity contribution < 1.29 is 4.79 Å². The third kappa shape index (κ3) is 4.22. The molecule has 1 aromatic carbocycles. The van der Waals surface area contributed by atoms with Crippen LogP contribution in [0.1, 0.15) is 12.7 Å². The van der Waals surface area contributed by atoms with E-state index in [1.165, 1.54) is 11.8 Å². The molecule has 25 heavy (non-hydrogen) atoms. The number of hydrogen-bond donors (Lipinski definition) is 2. The summed E-state index contributed by atoms with van der Waals surface area (Å²) in [6.45, 7) is 7.69. The maximum absolute atomic E-state index is 10.4. The van der Waals surface area contributed by atoms with Crippen molar-refractivity contribution in [3.8, 4) is 11.3 Å². The summed E-state index contributed by atoms with van der Waals surface area (Å²) in [6.07, 6.45) is 5.31. The van der Waals surface area contributed by atoms with Crippen molar-refractivity contribution in [2.24, 2.45) is 0 Å². The van der Waals surface area contributed by atoms with Crippen LogP contribution in [0.3, 0.4) is 0 Å². The van der Waals surface area contributed by atoms with E-state index in [4.69, 9.17) is 5.41 Å². The van der Waals surface area contributed by atoms with Gasteiger partial charge in [-0.05, 0) is 36.4 Å². The predicted octanol–water partition coefficient (Wildman–Crippen LogP) is 2.45. The molecule has 1 aliphatic heterocycles. The Kier molecular flexibility index (Phi) is 5.40. The lowest BCUT2D eigenvalue weighted by Crippen LogP contribution is -2.46. The zero-order chi connectivity index (χ0) is 17.6. The number of carbonyl (C=O) groups excluding carboxylic acids is 1. The number of piperazine rings is 1. The highest BCUT2D eigenvalue weighted by molar-refractivity contribution is 6.33. The lowest BCUT2D eigenvalue weighted by Gasteiger charge is -2.35. The molecular weight excluding hydrogens is 314 g/mol. The molecule has 6 nitrogen and oxygen atoms in total. The molecule has 0 amide bonds. The second kappa shape index (κ2) is 7.90. The fraction of sp³-hybridized carbons (Fsp3) is 0.316. The number of H-pyrrole nitrogens is 1. The van der Waals surface area contributed by atoms with E-state index in [1.807, 2.05) is 0 Å². The van der Waals surface area contributed by atoms with Gasteiger partial charge in [0.1, 0.15) is 5.82 Å². The number of imidazole rings is 1. The normalized spacial score (nSPS) is 15.6. The zero-order valence-corrected chi connectivity index (χ0v) is 14.4. The second-order valence-corrected chi connectivity index (χ2v) is 6.06. The molecule has 0 aliphatic carbocycles. The summed E-state index contributed by atoms with van der Waals surface area (Å²) in [4.78, 5) is 22.8. The van der Waals surface area contributed by atoms with Gasteiger partial charge in [-0.3, -0.25) is 10.2 Å². The summed E-state index contributed by atoms with van der Waals surface area (Å²) in [5.41, 5.74) is 3.15. The summed E-state index contributed by atoms with van der Waals surface area (Å²) < 4.78 is 0. The first-order chi connectivity index (χ1) is 12.2. The van der Waals surface area contributed by atoms with Crippen LogP contribution in [-0.2, 0) is 4.79 Å². The van der Waals surface area contributed by atoms with Gasteiger partial charge in [0.2, 0.25) is 0 Å². The van der Waals surface area contributed by atoms with Crippen LogP contribution in [0.4, 0.5) is 5.69 Å². The van der Waals surface area contributed by atoms with Crippen molar-refractivity contribution in [3.05, 3.63) is 42.4 Å². The van der Waals surface area contributed by atoms with E-state index in [0.29, 0.717) is 12.1 Å². The molecule has 1 saturated heterocycles. The predicted molar refractivity (Wildman–Crippen MR) is 101 cm³/mol. The summed E-state index contributed by atoms with van der Waals surface area (Å²) in [5, 5.41) is 7.30. The van der Waals surface area contributed by atoms with Crippen LogP contribution < -0.4 is 4.90 Å². The van der Waals surface area contributed by atoms with Gasteiger partial charge in [-0.15, -0.1) is 0 Å². The number of aromatic nitrogens is 2. The van der Waals surface area contributed by atoms with Gasteiger partial charge < -0.3 is 14.8 Å². The first-order valence-corrected chi connectivity index (χ1v) is 8.54. The van der Waals surface area contributed by atoms with Crippen LogP contribution in [0.15, 0.2) is 36.5 Å². The van der Waals surface area contributed by atoms with Crippen LogP contribution >= 0.6 is 0 Å². The first kappa shape index (κ1) is 17.1. The monoisotopic (exact) mass is 337 g/mol. The van der Waals surface area contributed by atoms with Crippen molar-refractivity contribution in [2.45, 2.75) is 6.92 Å². The number of aromatic amines is 1. The van der Waals surface area contributed by atoms with Gasteiger partial charge in [-0.2, -0.15) is 0 Å². The summed E-state index contributed by atoms with van der Waals surface area (Å²) >= 11 is 0. The maximum Gasteiger partial charge on any atom is 0.167 e. The van der Waals surface area contributed by atoms with E-state index in [2.05, 4.69) is 51.0 Å². The van der Waals surface area contributed by atoms with Crippen molar-refractivity contribution >= 4 is 23.8 Å². The number of nitrogens with one attached hydrogen (secondary N) is 2. The number of benzene rings is 1. The van der Waals surface area contributed by atoms with Crippen LogP contribution in [-0.4, -0.2) is 59.6 Å². The van der Waals surface area contributed by atoms with Gasteiger partial charge in [0.25, 0.3) is 0 Å². The van der Waals surface area contributed by atoms with Crippen molar-refractivity contribution in [3.63, 3.8) is 0 Å². The Bertz CT molecular complexity index is 754. The summed E-state index contributed by atoms with van der Waals surface area (Å²) in [6, 6.07) is 8.48. The molecule has 0 unspecified atom stereocenters. The SMILES string of the molecule is CCN1CCN(c2ccc(-c3cnc(/C=C\C(=N)C=O)[nH]3)cc2)CC1. The lowest BCUT2D eigenvalue weighted by molar-refractivity contribution is -0.102. The molecule has 0 spiro atoms. The quantitative estimate of drug-likeness (QED) is 0.627. The largest absolute Gasteiger partial charge is 0.369 e. The van der Waals surface area contributed by atoms with Gasteiger partial charge in [0.15, 0.2) is 6.29 Å². The molecule has 2 heterocycles. The molecule has 130 valence electrons. The standard InChI is InChI=1S/C19H23N5O/c1-2-23-9-11-24(12-10-23)17-6-3-15(4-7-17)18-13-21-19(22-18)8-5-16(20)14-25/h3-8,13-14,20H,2,9-12H2,1H3,(H,21,22)/b8-5-,20-16?. The molecule has 0 saturated carbocycles. The second-order valence-electron chi connectivity index (χ2n) is 6.06. The van der Waals surface area contributed by atoms with E-state index >= 15 is 0 Å². The molecule has 2 aromatic rings. The summed E-state index contributed by atoms with van der Waals surface area (Å²) in [7, 11) is 0. The van der Waals surface area contributed by atoms with Crippen LogP contribution in [0, 0.1) is 5.41 Å². The third-order valence-electron chi connectivity index (χ3n) is 4.51. The number of rotatable bonds is 6. The van der Waals surface area contributed by atoms with Gasteiger partial charge in [-0.1, -0.05) is 19.1 Å². The highest BCUT2D eigenvalue weighted by Gasteiger charge is 2.15. The third-order valence-corrected chi connectivity index (χ3v) is 4.51. The van der Waals surface area contributed by atoms with E-state index in [1.54, 1.807) is 12.3 Å². The number of hydrogen-bond acceptors (Lipinski definition) is 5. The van der Waals surface area contributed by atoms with E-state index in [9.17, 15) is 4.79 Å². The van der Waals surface area contributed by atoms with Crippen LogP contribution in [0.2, 0.25) is 0 Å². The van der Waals surface area contributed by atoms with Crippen molar-refractivity contribution in [1.82, 2.24) is 14.9 Å². The first-order valence-electron chi connectivity index (χ1n) is 8.54. The molecule has 0 radical (unpaired) electrons. The molecule has 0 atom stereocenters. The Morgan fingerprint density at radius 1 is 1.24 bits per heavy atom. The number of carbonyl (C=O) groups is 1. The van der Waals surface area contributed by atoms with Crippen LogP contribution in [0.25, 0.3) is 17.3 Å². The fourth-order valence-electron chi connectivity index (χ4n) is 2.95. The van der Waals surface area contributed by atoms with Gasteiger partial charge in [0.05, 0.1) is 17.6 Å². The number of nitrogens with zero attached hydrogens (tertiary/aromatic N) is 3. The van der Waals surface area contributed by atoms with Crippen molar-refractivity contribution in [1.29, 1.82) is 5.41 Å². The number of likely N-dealkylation sites (N-methyl/N-ethyl adjacent to an activating group) is 1. The average Bonchev–Trinajstić information content (AvgIpc) is 3.15. The van der Waals surface area contributed by atoms with Crippen molar-refractivity contribution in [2.75, 3.05) is 37.6 Å². The van der Waals surface area contributed by atoms with E-state index in [-0.39, 0.29) is 5.71 Å². The minimum Gasteiger partial charge on any atom is -0.369 e. The Morgan fingerprint density at radius 2 is 1.96 bits per heavy atom. The molecule has 6 heteroatoms.